The van der Waals surface area contributed by atoms with Gasteiger partial charge in [0.1, 0.15) is 5.76 Å². The number of carbonyl (C=O) groups is 1. The lowest BCUT2D eigenvalue weighted by Crippen LogP contribution is -2.66. The van der Waals surface area contributed by atoms with Crippen LogP contribution >= 0.6 is 0 Å². The molecule has 34 heavy (non-hydrogen) atoms. The standard InChI is InChI=1S/C29H38O4Si/c1-21-22(2)26(30)29(9,33-32-27(3,4)5)20-25(21)31-34(28(6,7)8,23-16-12-10-13-17-23)24-18-14-11-15-19-24/h10-20H,1-9H3. The van der Waals surface area contributed by atoms with Crippen LogP contribution in [0.25, 0.3) is 0 Å². The Hall–Kier alpha value is -2.47. The summed E-state index contributed by atoms with van der Waals surface area (Å²) in [6.45, 7) is 17.9. The molecule has 4 nitrogen and oxygen atoms in total. The molecule has 0 radical (unpaired) electrons. The van der Waals surface area contributed by atoms with Crippen LogP contribution in [0.1, 0.15) is 62.3 Å². The van der Waals surface area contributed by atoms with E-state index in [1.165, 1.54) is 10.4 Å². The summed E-state index contributed by atoms with van der Waals surface area (Å²) in [7, 11) is -2.86. The number of hydrogen-bond donors (Lipinski definition) is 0. The first-order valence-electron chi connectivity index (χ1n) is 11.8. The molecule has 0 bridgehead atoms. The summed E-state index contributed by atoms with van der Waals surface area (Å²) in [5.41, 5.74) is -0.386. The summed E-state index contributed by atoms with van der Waals surface area (Å²) in [4.78, 5) is 24.7. The van der Waals surface area contributed by atoms with E-state index in [0.29, 0.717) is 11.3 Å². The minimum atomic E-state index is -2.86. The Morgan fingerprint density at radius 3 is 1.65 bits per heavy atom. The van der Waals surface area contributed by atoms with Crippen LogP contribution in [-0.2, 0) is 19.0 Å². The van der Waals surface area contributed by atoms with Gasteiger partial charge in [0.2, 0.25) is 0 Å². The highest BCUT2D eigenvalue weighted by atomic mass is 28.4. The Labute approximate surface area is 205 Å². The van der Waals surface area contributed by atoms with Gasteiger partial charge in [0.05, 0.1) is 5.60 Å². The van der Waals surface area contributed by atoms with E-state index in [-0.39, 0.29) is 10.8 Å². The normalized spacial score (nSPS) is 19.8. The number of benzene rings is 2. The molecule has 0 aromatic heterocycles. The van der Waals surface area contributed by atoms with E-state index in [0.717, 1.165) is 5.57 Å². The Kier molecular flexibility index (Phi) is 7.14. The van der Waals surface area contributed by atoms with Gasteiger partial charge in [0.15, 0.2) is 11.4 Å². The summed E-state index contributed by atoms with van der Waals surface area (Å²) >= 11 is 0. The molecule has 0 fully saturated rings. The van der Waals surface area contributed by atoms with Gasteiger partial charge >= 0.3 is 8.32 Å². The predicted molar refractivity (Wildman–Crippen MR) is 140 cm³/mol. The summed E-state index contributed by atoms with van der Waals surface area (Å²) in [6, 6.07) is 20.9. The highest BCUT2D eigenvalue weighted by Crippen LogP contribution is 2.41. The van der Waals surface area contributed by atoms with Gasteiger partial charge in [-0.2, -0.15) is 0 Å². The smallest absolute Gasteiger partial charge is 0.319 e. The molecule has 5 heteroatoms. The van der Waals surface area contributed by atoms with Crippen molar-refractivity contribution >= 4 is 24.5 Å². The molecule has 2 aromatic rings. The molecule has 0 saturated heterocycles. The summed E-state index contributed by atoms with van der Waals surface area (Å²) < 4.78 is 7.23. The average Bonchev–Trinajstić information content (AvgIpc) is 2.78. The van der Waals surface area contributed by atoms with Crippen molar-refractivity contribution in [2.75, 3.05) is 0 Å². The minimum Gasteiger partial charge on any atom is -0.534 e. The van der Waals surface area contributed by atoms with E-state index < -0.39 is 19.5 Å². The Balaban J connectivity index is 2.22. The predicted octanol–water partition coefficient (Wildman–Crippen LogP) is 5.87. The van der Waals surface area contributed by atoms with Crippen LogP contribution in [-0.4, -0.2) is 25.3 Å². The Morgan fingerprint density at radius 2 is 1.24 bits per heavy atom. The maximum absolute atomic E-state index is 13.3. The zero-order chi connectivity index (χ0) is 25.4. The zero-order valence-electron chi connectivity index (χ0n) is 22.0. The van der Waals surface area contributed by atoms with Crippen molar-refractivity contribution in [3.8, 4) is 0 Å². The van der Waals surface area contributed by atoms with Crippen LogP contribution in [0, 0.1) is 0 Å². The molecule has 1 atom stereocenters. The molecule has 2 aromatic carbocycles. The van der Waals surface area contributed by atoms with Crippen LogP contribution in [0.2, 0.25) is 5.04 Å². The third-order valence-electron chi connectivity index (χ3n) is 6.27. The van der Waals surface area contributed by atoms with Crippen molar-refractivity contribution in [3.63, 3.8) is 0 Å². The van der Waals surface area contributed by atoms with E-state index in [1.54, 1.807) is 13.0 Å². The summed E-state index contributed by atoms with van der Waals surface area (Å²) in [6.07, 6.45) is 1.79. The third kappa shape index (κ3) is 4.97. The molecule has 182 valence electrons. The number of Topliss-reactive ketones (excluding diaryl/α,β-unsaturated/α-hetero) is 1. The Morgan fingerprint density at radius 1 is 0.765 bits per heavy atom. The fourth-order valence-corrected chi connectivity index (χ4v) is 8.82. The molecule has 1 unspecified atom stereocenters. The lowest BCUT2D eigenvalue weighted by atomic mass is 9.86. The van der Waals surface area contributed by atoms with E-state index in [2.05, 4.69) is 69.3 Å². The van der Waals surface area contributed by atoms with E-state index >= 15 is 0 Å². The van der Waals surface area contributed by atoms with Gasteiger partial charge < -0.3 is 4.43 Å². The first-order valence-corrected chi connectivity index (χ1v) is 13.7. The second-order valence-corrected chi connectivity index (χ2v) is 15.5. The number of rotatable bonds is 6. The van der Waals surface area contributed by atoms with Crippen LogP contribution in [0.5, 0.6) is 0 Å². The van der Waals surface area contributed by atoms with Crippen molar-refractivity contribution in [1.82, 2.24) is 0 Å². The van der Waals surface area contributed by atoms with E-state index in [9.17, 15) is 4.79 Å². The topological polar surface area (TPSA) is 44.8 Å². The van der Waals surface area contributed by atoms with Gasteiger partial charge in [-0.3, -0.25) is 4.79 Å². The van der Waals surface area contributed by atoms with Crippen molar-refractivity contribution in [2.24, 2.45) is 0 Å². The largest absolute Gasteiger partial charge is 0.534 e. The van der Waals surface area contributed by atoms with Crippen molar-refractivity contribution in [3.05, 3.63) is 83.6 Å². The lowest BCUT2D eigenvalue weighted by molar-refractivity contribution is -0.380. The van der Waals surface area contributed by atoms with Gasteiger partial charge in [-0.05, 0) is 68.6 Å². The number of carbonyl (C=O) groups excluding carboxylic acids is 1. The van der Waals surface area contributed by atoms with Gasteiger partial charge in [-0.15, -0.1) is 0 Å². The van der Waals surface area contributed by atoms with Crippen LogP contribution in [0.4, 0.5) is 0 Å². The van der Waals surface area contributed by atoms with Gasteiger partial charge in [-0.25, -0.2) is 9.78 Å². The molecule has 0 amide bonds. The molecule has 0 spiro atoms. The highest BCUT2D eigenvalue weighted by molar-refractivity contribution is 6.99. The fraction of sp³-hybridized carbons (Fsp3) is 0.414. The van der Waals surface area contributed by atoms with Gasteiger partial charge in [0.25, 0.3) is 0 Å². The SMILES string of the molecule is CC1=C(C)C(O[Si](c2ccccc2)(c2ccccc2)C(C)(C)C)=CC(C)(OOC(C)(C)C)C1=O. The minimum absolute atomic E-state index is 0.121. The maximum Gasteiger partial charge on any atom is 0.319 e. The molecule has 0 N–H and O–H groups in total. The summed E-state index contributed by atoms with van der Waals surface area (Å²) in [5.74, 6) is 0.551. The van der Waals surface area contributed by atoms with Gasteiger partial charge in [0, 0.05) is 5.57 Å². The molecule has 0 aliphatic heterocycles. The fourth-order valence-electron chi connectivity index (χ4n) is 4.35. The van der Waals surface area contributed by atoms with Crippen LogP contribution in [0.3, 0.4) is 0 Å². The molecular weight excluding hydrogens is 440 g/mol. The molecular formula is C29H38O4Si. The third-order valence-corrected chi connectivity index (χ3v) is 11.2. The molecule has 0 saturated carbocycles. The lowest BCUT2D eigenvalue weighted by Gasteiger charge is -2.45. The number of hydrogen-bond acceptors (Lipinski definition) is 4. The van der Waals surface area contributed by atoms with Crippen LogP contribution in [0.15, 0.2) is 83.6 Å². The molecule has 0 heterocycles. The molecule has 1 aliphatic rings. The number of allylic oxidation sites excluding steroid dienone is 1. The summed E-state index contributed by atoms with van der Waals surface area (Å²) in [5, 5.41) is 2.14. The zero-order valence-corrected chi connectivity index (χ0v) is 23.0. The number of ketones is 1. The van der Waals surface area contributed by atoms with E-state index in [1.807, 2.05) is 46.8 Å². The van der Waals surface area contributed by atoms with E-state index in [4.69, 9.17) is 14.2 Å². The monoisotopic (exact) mass is 478 g/mol. The van der Waals surface area contributed by atoms with Crippen molar-refractivity contribution in [2.45, 2.75) is 78.6 Å². The maximum atomic E-state index is 13.3. The Bertz CT molecular complexity index is 1050. The van der Waals surface area contributed by atoms with Gasteiger partial charge in [-0.1, -0.05) is 81.4 Å². The van der Waals surface area contributed by atoms with Crippen molar-refractivity contribution in [1.29, 1.82) is 0 Å². The first-order chi connectivity index (χ1) is 15.7. The molecule has 3 rings (SSSR count). The second-order valence-electron chi connectivity index (χ2n) is 11.2. The van der Waals surface area contributed by atoms with Crippen LogP contribution < -0.4 is 10.4 Å². The molecule has 1 aliphatic carbocycles. The quantitative estimate of drug-likeness (QED) is 0.296. The first kappa shape index (κ1) is 26.1. The second kappa shape index (κ2) is 9.29. The highest BCUT2D eigenvalue weighted by Gasteiger charge is 2.53. The average molecular weight is 479 g/mol. The van der Waals surface area contributed by atoms with Crippen molar-refractivity contribution < 1.29 is 19.0 Å².